The van der Waals surface area contributed by atoms with Crippen LogP contribution in [0.1, 0.15) is 35.5 Å². The van der Waals surface area contributed by atoms with Crippen molar-refractivity contribution >= 4 is 11.7 Å². The largest absolute Gasteiger partial charge is 0.478 e. The van der Waals surface area contributed by atoms with Crippen LogP contribution in [0, 0.1) is 5.41 Å². The number of benzene rings is 1. The molecule has 1 aromatic carbocycles. The highest BCUT2D eigenvalue weighted by atomic mass is 16.6. The molecule has 1 aliphatic heterocycles. The fourth-order valence-corrected chi connectivity index (χ4v) is 2.74. The van der Waals surface area contributed by atoms with E-state index in [0.717, 1.165) is 11.3 Å². The average molecular weight is 310 g/mol. The fourth-order valence-electron chi connectivity index (χ4n) is 2.74. The van der Waals surface area contributed by atoms with E-state index >= 15 is 0 Å². The first-order chi connectivity index (χ1) is 11.0. The number of carboxylic acid groups (broad SMARTS) is 1. The summed E-state index contributed by atoms with van der Waals surface area (Å²) in [6.07, 6.45) is 1.84. The predicted octanol–water partition coefficient (Wildman–Crippen LogP) is 3.15. The van der Waals surface area contributed by atoms with Gasteiger partial charge in [-0.25, -0.2) is 4.79 Å². The number of pyridine rings is 1. The zero-order valence-corrected chi connectivity index (χ0v) is 13.1. The molecule has 1 aromatic heterocycles. The van der Waals surface area contributed by atoms with Crippen molar-refractivity contribution in [3.63, 3.8) is 0 Å². The number of hydrogen-bond acceptors (Lipinski definition) is 4. The lowest BCUT2D eigenvalue weighted by Crippen LogP contribution is -2.35. The summed E-state index contributed by atoms with van der Waals surface area (Å²) in [7, 11) is 0. The molecule has 118 valence electrons. The van der Waals surface area contributed by atoms with Gasteiger partial charge >= 0.3 is 5.97 Å². The van der Waals surface area contributed by atoms with Crippen LogP contribution in [0.15, 0.2) is 53.8 Å². The molecule has 1 atom stereocenters. The zero-order chi connectivity index (χ0) is 16.4. The molecular weight excluding hydrogens is 292 g/mol. The molecular formula is C18H18N2O3. The third-order valence-electron chi connectivity index (χ3n) is 4.19. The van der Waals surface area contributed by atoms with Crippen molar-refractivity contribution in [1.82, 2.24) is 4.98 Å². The molecule has 1 N–H and O–H groups in total. The topological polar surface area (TPSA) is 71.8 Å². The van der Waals surface area contributed by atoms with Gasteiger partial charge in [-0.3, -0.25) is 4.98 Å². The van der Waals surface area contributed by atoms with Crippen LogP contribution in [0.4, 0.5) is 0 Å². The number of rotatable bonds is 4. The van der Waals surface area contributed by atoms with E-state index in [4.69, 9.17) is 9.94 Å². The Morgan fingerprint density at radius 1 is 1.26 bits per heavy atom. The summed E-state index contributed by atoms with van der Waals surface area (Å²) in [5.41, 5.74) is 2.56. The first kappa shape index (κ1) is 15.2. The van der Waals surface area contributed by atoms with E-state index in [1.807, 2.05) is 30.3 Å². The number of hydrogen-bond donors (Lipinski definition) is 1. The van der Waals surface area contributed by atoms with Crippen molar-refractivity contribution in [2.75, 3.05) is 0 Å². The van der Waals surface area contributed by atoms with Gasteiger partial charge in [-0.1, -0.05) is 49.3 Å². The number of aromatic nitrogens is 1. The van der Waals surface area contributed by atoms with Gasteiger partial charge in [-0.15, -0.1) is 0 Å². The van der Waals surface area contributed by atoms with Crippen molar-refractivity contribution in [3.8, 4) is 0 Å². The lowest BCUT2D eigenvalue weighted by Gasteiger charge is -2.25. The summed E-state index contributed by atoms with van der Waals surface area (Å²) in [5, 5.41) is 13.3. The summed E-state index contributed by atoms with van der Waals surface area (Å²) in [6.45, 7) is 4.16. The Balaban J connectivity index is 1.81. The molecule has 3 rings (SSSR count). The van der Waals surface area contributed by atoms with Gasteiger partial charge in [0.2, 0.25) is 0 Å². The second kappa shape index (κ2) is 5.83. The molecule has 1 unspecified atom stereocenters. The highest BCUT2D eigenvalue weighted by molar-refractivity contribution is 6.05. The van der Waals surface area contributed by atoms with Crippen molar-refractivity contribution in [2.24, 2.45) is 10.6 Å². The maximum Gasteiger partial charge on any atom is 0.335 e. The number of carbonyl (C=O) groups is 1. The minimum Gasteiger partial charge on any atom is -0.478 e. The lowest BCUT2D eigenvalue weighted by molar-refractivity contribution is 0.0364. The predicted molar refractivity (Wildman–Crippen MR) is 86.5 cm³/mol. The van der Waals surface area contributed by atoms with Crippen LogP contribution in [0.5, 0.6) is 0 Å². The Morgan fingerprint density at radius 2 is 2.00 bits per heavy atom. The average Bonchev–Trinajstić information content (AvgIpc) is 2.83. The van der Waals surface area contributed by atoms with Gasteiger partial charge in [0.15, 0.2) is 0 Å². The van der Waals surface area contributed by atoms with Gasteiger partial charge in [0, 0.05) is 18.3 Å². The minimum atomic E-state index is -0.957. The third-order valence-corrected chi connectivity index (χ3v) is 4.19. The second-order valence-corrected chi connectivity index (χ2v) is 6.17. The maximum absolute atomic E-state index is 11.1. The van der Waals surface area contributed by atoms with Crippen LogP contribution in [-0.4, -0.2) is 27.9 Å². The van der Waals surface area contributed by atoms with Gasteiger partial charge < -0.3 is 9.94 Å². The van der Waals surface area contributed by atoms with E-state index in [2.05, 4.69) is 24.0 Å². The van der Waals surface area contributed by atoms with Crippen LogP contribution >= 0.6 is 0 Å². The van der Waals surface area contributed by atoms with Gasteiger partial charge in [0.25, 0.3) is 0 Å². The van der Waals surface area contributed by atoms with E-state index < -0.39 is 5.97 Å². The van der Waals surface area contributed by atoms with Crippen molar-refractivity contribution < 1.29 is 14.7 Å². The van der Waals surface area contributed by atoms with Crippen LogP contribution in [0.3, 0.4) is 0 Å². The van der Waals surface area contributed by atoms with Crippen molar-refractivity contribution in [3.05, 3.63) is 65.5 Å². The third kappa shape index (κ3) is 2.95. The quantitative estimate of drug-likeness (QED) is 0.941. The summed E-state index contributed by atoms with van der Waals surface area (Å²) in [6, 6.07) is 13.0. The number of oxime groups is 1. The molecule has 0 amide bonds. The highest BCUT2D eigenvalue weighted by Crippen LogP contribution is 2.36. The molecule has 0 fully saturated rings. The van der Waals surface area contributed by atoms with Crippen LogP contribution < -0.4 is 0 Å². The Morgan fingerprint density at radius 3 is 2.70 bits per heavy atom. The Labute approximate surface area is 134 Å². The Bertz CT molecular complexity index is 754. The Kier molecular flexibility index (Phi) is 3.86. The van der Waals surface area contributed by atoms with Crippen molar-refractivity contribution in [2.45, 2.75) is 26.4 Å². The van der Waals surface area contributed by atoms with E-state index in [9.17, 15) is 4.79 Å². The standard InChI is InChI=1S/C18H18N2O3/c1-18(2)15(11-14-10-13(17(21)22)8-9-19-14)23-20-16(18)12-6-4-3-5-7-12/h3-10,15H,11H2,1-2H3,(H,21,22). The summed E-state index contributed by atoms with van der Waals surface area (Å²) in [4.78, 5) is 21.0. The summed E-state index contributed by atoms with van der Waals surface area (Å²) < 4.78 is 0. The minimum absolute atomic E-state index is 0.186. The second-order valence-electron chi connectivity index (χ2n) is 6.17. The molecule has 5 heteroatoms. The monoisotopic (exact) mass is 310 g/mol. The van der Waals surface area contributed by atoms with Gasteiger partial charge in [0.1, 0.15) is 6.10 Å². The maximum atomic E-state index is 11.1. The molecule has 0 saturated carbocycles. The summed E-state index contributed by atoms with van der Waals surface area (Å²) in [5.74, 6) is -0.957. The highest BCUT2D eigenvalue weighted by Gasteiger charge is 2.42. The van der Waals surface area contributed by atoms with Crippen LogP contribution in [0.2, 0.25) is 0 Å². The molecule has 0 saturated heterocycles. The number of carboxylic acids is 1. The molecule has 23 heavy (non-hydrogen) atoms. The van der Waals surface area contributed by atoms with Gasteiger partial charge in [0.05, 0.1) is 16.7 Å². The first-order valence-corrected chi connectivity index (χ1v) is 7.46. The van der Waals surface area contributed by atoms with Gasteiger partial charge in [-0.2, -0.15) is 0 Å². The zero-order valence-electron chi connectivity index (χ0n) is 13.1. The molecule has 0 radical (unpaired) electrons. The van der Waals surface area contributed by atoms with Crippen molar-refractivity contribution in [1.29, 1.82) is 0 Å². The first-order valence-electron chi connectivity index (χ1n) is 7.46. The van der Waals surface area contributed by atoms with Crippen LogP contribution in [0.25, 0.3) is 0 Å². The molecule has 2 heterocycles. The van der Waals surface area contributed by atoms with E-state index in [-0.39, 0.29) is 17.1 Å². The molecule has 0 spiro atoms. The molecule has 5 nitrogen and oxygen atoms in total. The molecule has 0 aliphatic carbocycles. The molecule has 1 aliphatic rings. The normalized spacial score (nSPS) is 19.0. The number of aromatic carboxylic acids is 1. The summed E-state index contributed by atoms with van der Waals surface area (Å²) >= 11 is 0. The van der Waals surface area contributed by atoms with E-state index in [1.54, 1.807) is 6.07 Å². The van der Waals surface area contributed by atoms with Crippen LogP contribution in [-0.2, 0) is 11.3 Å². The smallest absolute Gasteiger partial charge is 0.335 e. The number of nitrogens with zero attached hydrogens (tertiary/aromatic N) is 2. The molecule has 0 bridgehead atoms. The van der Waals surface area contributed by atoms with E-state index in [1.165, 1.54) is 12.3 Å². The fraction of sp³-hybridized carbons (Fsp3) is 0.278. The van der Waals surface area contributed by atoms with E-state index in [0.29, 0.717) is 12.1 Å². The molecule has 2 aromatic rings. The SMILES string of the molecule is CC1(C)C(c2ccccc2)=NOC1Cc1cc(C(=O)O)ccn1. The lowest BCUT2D eigenvalue weighted by atomic mass is 9.77. The van der Waals surface area contributed by atoms with Gasteiger partial charge in [-0.05, 0) is 17.7 Å². The Hall–Kier alpha value is -2.69.